The van der Waals surface area contributed by atoms with E-state index in [4.69, 9.17) is 10.6 Å². The molecule has 0 heterocycles. The maximum absolute atomic E-state index is 10.9. The van der Waals surface area contributed by atoms with Crippen LogP contribution < -0.4 is 11.3 Å². The molecule has 0 amide bonds. The summed E-state index contributed by atoms with van der Waals surface area (Å²) < 4.78 is 5.09. The average Bonchev–Trinajstić information content (AvgIpc) is 2.42. The molecular weight excluding hydrogens is 260 g/mol. The van der Waals surface area contributed by atoms with E-state index in [1.165, 1.54) is 6.07 Å². The van der Waals surface area contributed by atoms with Gasteiger partial charge in [-0.05, 0) is 25.5 Å². The highest BCUT2D eigenvalue weighted by molar-refractivity contribution is 5.55. The number of nitro groups is 1. The molecule has 0 radical (unpaired) electrons. The van der Waals surface area contributed by atoms with Crippen molar-refractivity contribution in [2.75, 3.05) is 25.7 Å². The minimum atomic E-state index is -0.404. The number of benzene rings is 1. The van der Waals surface area contributed by atoms with Crippen LogP contribution in [0.15, 0.2) is 18.2 Å². The SMILES string of the molecule is COCCN(Cc1cc([N+](=O)[O-])ccc1NN)C(C)C. The second kappa shape index (κ2) is 7.78. The Bertz CT molecular complexity index is 451. The molecule has 20 heavy (non-hydrogen) atoms. The van der Waals surface area contributed by atoms with Crippen LogP contribution in [0.25, 0.3) is 0 Å². The number of hydrogen-bond acceptors (Lipinski definition) is 6. The number of nitrogens with one attached hydrogen (secondary N) is 1. The first-order valence-electron chi connectivity index (χ1n) is 6.46. The van der Waals surface area contributed by atoms with Crippen molar-refractivity contribution in [1.29, 1.82) is 0 Å². The fourth-order valence-electron chi connectivity index (χ4n) is 1.91. The van der Waals surface area contributed by atoms with Gasteiger partial charge in [-0.25, -0.2) is 0 Å². The minimum Gasteiger partial charge on any atom is -0.383 e. The molecule has 0 aliphatic heterocycles. The number of anilines is 1. The second-order valence-corrected chi connectivity index (χ2v) is 4.80. The lowest BCUT2D eigenvalue weighted by atomic mass is 10.1. The monoisotopic (exact) mass is 282 g/mol. The topological polar surface area (TPSA) is 93.7 Å². The zero-order valence-corrected chi connectivity index (χ0v) is 12.1. The van der Waals surface area contributed by atoms with Crippen molar-refractivity contribution < 1.29 is 9.66 Å². The van der Waals surface area contributed by atoms with E-state index < -0.39 is 4.92 Å². The van der Waals surface area contributed by atoms with Crippen LogP contribution in [-0.2, 0) is 11.3 Å². The van der Waals surface area contributed by atoms with E-state index >= 15 is 0 Å². The first kappa shape index (κ1) is 16.4. The van der Waals surface area contributed by atoms with Crippen molar-refractivity contribution in [3.8, 4) is 0 Å². The molecule has 0 unspecified atom stereocenters. The lowest BCUT2D eigenvalue weighted by Gasteiger charge is -2.27. The van der Waals surface area contributed by atoms with Crippen LogP contribution in [-0.4, -0.2) is 36.1 Å². The number of nitrogen functional groups attached to an aromatic ring is 1. The van der Waals surface area contributed by atoms with E-state index in [2.05, 4.69) is 24.2 Å². The summed E-state index contributed by atoms with van der Waals surface area (Å²) in [4.78, 5) is 12.6. The van der Waals surface area contributed by atoms with Crippen molar-refractivity contribution in [3.05, 3.63) is 33.9 Å². The summed E-state index contributed by atoms with van der Waals surface area (Å²) in [5.74, 6) is 5.47. The van der Waals surface area contributed by atoms with Gasteiger partial charge in [-0.3, -0.25) is 20.9 Å². The molecule has 1 aromatic carbocycles. The van der Waals surface area contributed by atoms with Gasteiger partial charge in [0.1, 0.15) is 0 Å². The van der Waals surface area contributed by atoms with Crippen molar-refractivity contribution in [3.63, 3.8) is 0 Å². The number of non-ortho nitro benzene ring substituents is 1. The van der Waals surface area contributed by atoms with Gasteiger partial charge in [0.05, 0.1) is 17.2 Å². The molecule has 0 spiro atoms. The molecule has 0 aromatic heterocycles. The van der Waals surface area contributed by atoms with Crippen molar-refractivity contribution >= 4 is 11.4 Å². The third-order valence-corrected chi connectivity index (χ3v) is 3.14. The molecule has 7 heteroatoms. The van der Waals surface area contributed by atoms with E-state index in [-0.39, 0.29) is 5.69 Å². The predicted molar refractivity (Wildman–Crippen MR) is 78.3 cm³/mol. The molecule has 7 nitrogen and oxygen atoms in total. The molecule has 1 rings (SSSR count). The lowest BCUT2D eigenvalue weighted by Crippen LogP contribution is -2.33. The van der Waals surface area contributed by atoms with Gasteiger partial charge >= 0.3 is 0 Å². The Kier molecular flexibility index (Phi) is 6.37. The van der Waals surface area contributed by atoms with Crippen molar-refractivity contribution in [2.45, 2.75) is 26.4 Å². The highest BCUT2D eigenvalue weighted by atomic mass is 16.6. The number of hydrogen-bond donors (Lipinski definition) is 2. The highest BCUT2D eigenvalue weighted by Crippen LogP contribution is 2.23. The van der Waals surface area contributed by atoms with Crippen LogP contribution in [0.3, 0.4) is 0 Å². The van der Waals surface area contributed by atoms with E-state index in [1.54, 1.807) is 19.2 Å². The number of hydrazine groups is 1. The van der Waals surface area contributed by atoms with Crippen molar-refractivity contribution in [1.82, 2.24) is 4.90 Å². The molecule has 0 fully saturated rings. The number of ether oxygens (including phenoxy) is 1. The van der Waals surface area contributed by atoms with Gasteiger partial charge in [0.15, 0.2) is 0 Å². The summed E-state index contributed by atoms with van der Waals surface area (Å²) in [6.45, 7) is 6.08. The second-order valence-electron chi connectivity index (χ2n) is 4.80. The Morgan fingerprint density at radius 2 is 2.20 bits per heavy atom. The van der Waals surface area contributed by atoms with Gasteiger partial charge in [-0.15, -0.1) is 0 Å². The molecule has 0 bridgehead atoms. The zero-order valence-electron chi connectivity index (χ0n) is 12.1. The molecule has 0 aliphatic carbocycles. The van der Waals surface area contributed by atoms with Crippen LogP contribution in [0.2, 0.25) is 0 Å². The maximum atomic E-state index is 10.9. The third-order valence-electron chi connectivity index (χ3n) is 3.14. The van der Waals surface area contributed by atoms with Crippen molar-refractivity contribution in [2.24, 2.45) is 5.84 Å². The summed E-state index contributed by atoms with van der Waals surface area (Å²) in [6.07, 6.45) is 0. The smallest absolute Gasteiger partial charge is 0.269 e. The van der Waals surface area contributed by atoms with Crippen LogP contribution in [0, 0.1) is 10.1 Å². The molecule has 0 saturated carbocycles. The molecular formula is C13H22N4O3. The molecule has 0 saturated heterocycles. The van der Waals surface area contributed by atoms with Gasteiger partial charge in [0, 0.05) is 38.4 Å². The number of rotatable bonds is 8. The van der Waals surface area contributed by atoms with E-state index in [0.717, 1.165) is 12.1 Å². The summed E-state index contributed by atoms with van der Waals surface area (Å²) in [5, 5.41) is 10.9. The number of nitrogens with zero attached hydrogens (tertiary/aromatic N) is 2. The first-order valence-corrected chi connectivity index (χ1v) is 6.46. The Balaban J connectivity index is 2.96. The molecule has 1 aromatic rings. The Labute approximate surface area is 118 Å². The van der Waals surface area contributed by atoms with E-state index in [0.29, 0.717) is 24.9 Å². The highest BCUT2D eigenvalue weighted by Gasteiger charge is 2.15. The maximum Gasteiger partial charge on any atom is 0.269 e. The van der Waals surface area contributed by atoms with Gasteiger partial charge in [-0.1, -0.05) is 0 Å². The minimum absolute atomic E-state index is 0.0643. The quantitative estimate of drug-likeness (QED) is 0.428. The summed E-state index contributed by atoms with van der Waals surface area (Å²) in [7, 11) is 1.65. The molecule has 0 aliphatic rings. The predicted octanol–water partition coefficient (Wildman–Crippen LogP) is 1.74. The van der Waals surface area contributed by atoms with Crippen LogP contribution in [0.5, 0.6) is 0 Å². The van der Waals surface area contributed by atoms with Gasteiger partial charge in [0.2, 0.25) is 0 Å². The number of nitrogens with two attached hydrogens (primary N) is 1. The fraction of sp³-hybridized carbons (Fsp3) is 0.538. The van der Waals surface area contributed by atoms with Gasteiger partial charge in [-0.2, -0.15) is 0 Å². The third kappa shape index (κ3) is 4.44. The Morgan fingerprint density at radius 1 is 1.50 bits per heavy atom. The average molecular weight is 282 g/mol. The molecule has 3 N–H and O–H groups in total. The fourth-order valence-corrected chi connectivity index (χ4v) is 1.91. The number of nitro benzene ring substituents is 1. The standard InChI is InChI=1S/C13H22N4O3/c1-10(2)16(6-7-20-3)9-11-8-12(17(18)19)4-5-13(11)15-14/h4-5,8,10,15H,6-7,9,14H2,1-3H3. The summed E-state index contributed by atoms with van der Waals surface area (Å²) in [5.41, 5.74) is 4.14. The van der Waals surface area contributed by atoms with Crippen LogP contribution in [0.4, 0.5) is 11.4 Å². The zero-order chi connectivity index (χ0) is 15.1. The Hall–Kier alpha value is -1.70. The van der Waals surface area contributed by atoms with Crippen LogP contribution in [0.1, 0.15) is 19.4 Å². The molecule has 0 atom stereocenters. The molecule has 112 valence electrons. The Morgan fingerprint density at radius 3 is 2.70 bits per heavy atom. The van der Waals surface area contributed by atoms with Gasteiger partial charge < -0.3 is 10.2 Å². The number of methoxy groups -OCH3 is 1. The van der Waals surface area contributed by atoms with Crippen LogP contribution >= 0.6 is 0 Å². The summed E-state index contributed by atoms with van der Waals surface area (Å²) >= 11 is 0. The van der Waals surface area contributed by atoms with E-state index in [9.17, 15) is 10.1 Å². The lowest BCUT2D eigenvalue weighted by molar-refractivity contribution is -0.384. The van der Waals surface area contributed by atoms with E-state index in [1.807, 2.05) is 0 Å². The largest absolute Gasteiger partial charge is 0.383 e. The first-order chi connectivity index (χ1) is 9.49. The normalized spacial score (nSPS) is 11.1. The van der Waals surface area contributed by atoms with Gasteiger partial charge in [0.25, 0.3) is 5.69 Å². The summed E-state index contributed by atoms with van der Waals surface area (Å²) in [6, 6.07) is 4.92.